The predicted molar refractivity (Wildman–Crippen MR) is 59.3 cm³/mol. The topological polar surface area (TPSA) is 29.1 Å². The van der Waals surface area contributed by atoms with Gasteiger partial charge >= 0.3 is 0 Å². The van der Waals surface area contributed by atoms with Crippen molar-refractivity contribution in [3.8, 4) is 0 Å². The zero-order chi connectivity index (χ0) is 12.0. The van der Waals surface area contributed by atoms with E-state index >= 15 is 0 Å². The molecule has 0 bridgehead atoms. The molecule has 0 atom stereocenters. The highest BCUT2D eigenvalue weighted by molar-refractivity contribution is 5.76. The summed E-state index contributed by atoms with van der Waals surface area (Å²) in [6, 6.07) is 2.28. The summed E-state index contributed by atoms with van der Waals surface area (Å²) in [6.45, 7) is 0.799. The van der Waals surface area contributed by atoms with Crippen LogP contribution in [0.2, 0.25) is 0 Å². The van der Waals surface area contributed by atoms with Crippen molar-refractivity contribution in [2.24, 2.45) is 0 Å². The smallest absolute Gasteiger partial charge is 0.155 e. The Kier molecular flexibility index (Phi) is 4.79. The standard InChI is InChI=1S/C12H13F2NO/c1-15-5-3-2-4-9-6-11(13)10(8-16)12(14)7-9/h2,4,6-8,15H,3,5H2,1H3. The average molecular weight is 225 g/mol. The first-order valence-electron chi connectivity index (χ1n) is 4.94. The normalized spacial score (nSPS) is 10.9. The molecule has 0 saturated heterocycles. The molecule has 0 aliphatic rings. The fraction of sp³-hybridized carbons (Fsp3) is 0.250. The minimum absolute atomic E-state index is 0.180. The van der Waals surface area contributed by atoms with Crippen LogP contribution < -0.4 is 5.32 Å². The van der Waals surface area contributed by atoms with Crippen molar-refractivity contribution >= 4 is 12.4 Å². The number of hydrogen-bond acceptors (Lipinski definition) is 2. The van der Waals surface area contributed by atoms with Crippen LogP contribution in [0.4, 0.5) is 8.78 Å². The van der Waals surface area contributed by atoms with E-state index < -0.39 is 17.2 Å². The van der Waals surface area contributed by atoms with E-state index in [2.05, 4.69) is 5.32 Å². The lowest BCUT2D eigenvalue weighted by Crippen LogP contribution is -2.05. The maximum atomic E-state index is 13.2. The summed E-state index contributed by atoms with van der Waals surface area (Å²) < 4.78 is 26.3. The molecule has 1 aromatic rings. The van der Waals surface area contributed by atoms with Crippen LogP contribution in [0.15, 0.2) is 18.2 Å². The first kappa shape index (κ1) is 12.5. The zero-order valence-corrected chi connectivity index (χ0v) is 8.97. The molecule has 1 rings (SSSR count). The van der Waals surface area contributed by atoms with Crippen LogP contribution in [0.3, 0.4) is 0 Å². The maximum absolute atomic E-state index is 13.2. The molecule has 1 aromatic carbocycles. The molecule has 0 saturated carbocycles. The molecule has 0 aromatic heterocycles. The highest BCUT2D eigenvalue weighted by Gasteiger charge is 2.08. The van der Waals surface area contributed by atoms with E-state index in [0.29, 0.717) is 5.56 Å². The van der Waals surface area contributed by atoms with Crippen molar-refractivity contribution < 1.29 is 13.6 Å². The molecule has 86 valence electrons. The Bertz CT molecular complexity index is 379. The van der Waals surface area contributed by atoms with Gasteiger partial charge < -0.3 is 5.32 Å². The monoisotopic (exact) mass is 225 g/mol. The van der Waals surface area contributed by atoms with Gasteiger partial charge in [-0.05, 0) is 37.7 Å². The summed E-state index contributed by atoms with van der Waals surface area (Å²) in [4.78, 5) is 10.4. The molecule has 2 nitrogen and oxygen atoms in total. The number of hydrogen-bond donors (Lipinski definition) is 1. The number of halogens is 2. The van der Waals surface area contributed by atoms with E-state index in [1.54, 1.807) is 6.08 Å². The zero-order valence-electron chi connectivity index (χ0n) is 8.97. The Morgan fingerprint density at radius 1 is 1.31 bits per heavy atom. The van der Waals surface area contributed by atoms with Crippen LogP contribution in [0.25, 0.3) is 6.08 Å². The summed E-state index contributed by atoms with van der Waals surface area (Å²) in [5.41, 5.74) is -0.107. The fourth-order valence-electron chi connectivity index (χ4n) is 1.26. The van der Waals surface area contributed by atoms with Crippen LogP contribution in [-0.4, -0.2) is 19.9 Å². The number of nitrogens with one attached hydrogen (secondary N) is 1. The second kappa shape index (κ2) is 6.12. The van der Waals surface area contributed by atoms with Crippen molar-refractivity contribution in [1.82, 2.24) is 5.32 Å². The van der Waals surface area contributed by atoms with Crippen molar-refractivity contribution in [2.75, 3.05) is 13.6 Å². The second-order valence-electron chi connectivity index (χ2n) is 3.31. The van der Waals surface area contributed by atoms with Gasteiger partial charge in [-0.25, -0.2) is 8.78 Å². The molecule has 0 radical (unpaired) electrons. The molecule has 0 aliphatic heterocycles. The van der Waals surface area contributed by atoms with E-state index in [0.717, 1.165) is 25.1 Å². The largest absolute Gasteiger partial charge is 0.319 e. The third-order valence-electron chi connectivity index (χ3n) is 2.09. The van der Waals surface area contributed by atoms with E-state index in [1.807, 2.05) is 13.1 Å². The van der Waals surface area contributed by atoms with Gasteiger partial charge in [0.05, 0.1) is 5.56 Å². The number of carbonyl (C=O) groups excluding carboxylic acids is 1. The van der Waals surface area contributed by atoms with E-state index in [4.69, 9.17) is 0 Å². The Labute approximate surface area is 93.0 Å². The lowest BCUT2D eigenvalue weighted by atomic mass is 10.1. The minimum Gasteiger partial charge on any atom is -0.319 e. The van der Waals surface area contributed by atoms with Crippen molar-refractivity contribution in [3.05, 3.63) is 41.0 Å². The molecule has 16 heavy (non-hydrogen) atoms. The number of benzene rings is 1. The molecule has 0 spiro atoms. The number of rotatable bonds is 5. The van der Waals surface area contributed by atoms with Crippen LogP contribution in [-0.2, 0) is 0 Å². The van der Waals surface area contributed by atoms with Gasteiger partial charge in [0.25, 0.3) is 0 Å². The lowest BCUT2D eigenvalue weighted by molar-refractivity contribution is 0.111. The average Bonchev–Trinajstić information content (AvgIpc) is 2.24. The first-order valence-corrected chi connectivity index (χ1v) is 4.94. The lowest BCUT2D eigenvalue weighted by Gasteiger charge is -1.99. The molecule has 0 aliphatic carbocycles. The number of aldehydes is 1. The van der Waals surface area contributed by atoms with Gasteiger partial charge in [0, 0.05) is 0 Å². The quantitative estimate of drug-likeness (QED) is 0.616. The van der Waals surface area contributed by atoms with E-state index in [1.165, 1.54) is 0 Å². The molecular weight excluding hydrogens is 212 g/mol. The summed E-state index contributed by atoms with van der Waals surface area (Å²) in [5, 5.41) is 2.95. The molecule has 0 heterocycles. The maximum Gasteiger partial charge on any atom is 0.155 e. The van der Waals surface area contributed by atoms with Crippen molar-refractivity contribution in [2.45, 2.75) is 6.42 Å². The van der Waals surface area contributed by atoms with Crippen LogP contribution in [0, 0.1) is 11.6 Å². The summed E-state index contributed by atoms with van der Waals surface area (Å²) in [5.74, 6) is -1.66. The van der Waals surface area contributed by atoms with Crippen molar-refractivity contribution in [3.63, 3.8) is 0 Å². The molecular formula is C12H13F2NO. The molecule has 0 amide bonds. The van der Waals surface area contributed by atoms with Gasteiger partial charge in [-0.2, -0.15) is 0 Å². The Morgan fingerprint density at radius 3 is 2.44 bits per heavy atom. The first-order chi connectivity index (χ1) is 7.69. The summed E-state index contributed by atoms with van der Waals surface area (Å²) in [6.07, 6.45) is 4.39. The fourth-order valence-corrected chi connectivity index (χ4v) is 1.26. The van der Waals surface area contributed by atoms with Crippen LogP contribution in [0.1, 0.15) is 22.3 Å². The highest BCUT2D eigenvalue weighted by Crippen LogP contribution is 2.14. The Hall–Kier alpha value is -1.55. The second-order valence-corrected chi connectivity index (χ2v) is 3.31. The predicted octanol–water partition coefficient (Wildman–Crippen LogP) is 2.40. The molecule has 1 N–H and O–H groups in total. The Balaban J connectivity index is 2.83. The van der Waals surface area contributed by atoms with E-state index in [-0.39, 0.29) is 6.29 Å². The van der Waals surface area contributed by atoms with Gasteiger partial charge in [0.15, 0.2) is 6.29 Å². The van der Waals surface area contributed by atoms with Crippen LogP contribution >= 0.6 is 0 Å². The SMILES string of the molecule is CNCCC=Cc1cc(F)c(C=O)c(F)c1. The highest BCUT2D eigenvalue weighted by atomic mass is 19.1. The minimum atomic E-state index is -0.830. The van der Waals surface area contributed by atoms with Gasteiger partial charge in [-0.1, -0.05) is 12.2 Å². The van der Waals surface area contributed by atoms with Crippen LogP contribution in [0.5, 0.6) is 0 Å². The van der Waals surface area contributed by atoms with Gasteiger partial charge in [-0.15, -0.1) is 0 Å². The third-order valence-corrected chi connectivity index (χ3v) is 2.09. The van der Waals surface area contributed by atoms with Crippen molar-refractivity contribution in [1.29, 1.82) is 0 Å². The molecule has 4 heteroatoms. The molecule has 0 fully saturated rings. The third kappa shape index (κ3) is 3.24. The Morgan fingerprint density at radius 2 is 1.94 bits per heavy atom. The van der Waals surface area contributed by atoms with Gasteiger partial charge in [-0.3, -0.25) is 4.79 Å². The number of carbonyl (C=O) groups is 1. The molecule has 0 unspecified atom stereocenters. The van der Waals surface area contributed by atoms with Gasteiger partial charge in [0.2, 0.25) is 0 Å². The summed E-state index contributed by atoms with van der Waals surface area (Å²) in [7, 11) is 1.83. The summed E-state index contributed by atoms with van der Waals surface area (Å²) >= 11 is 0. The van der Waals surface area contributed by atoms with E-state index in [9.17, 15) is 13.6 Å². The van der Waals surface area contributed by atoms with Gasteiger partial charge in [0.1, 0.15) is 11.6 Å².